The Balaban J connectivity index is 1.60. The summed E-state index contributed by atoms with van der Waals surface area (Å²) < 4.78 is 0. The Labute approximate surface area is 162 Å². The number of aromatic nitrogens is 4. The molecule has 0 unspecified atom stereocenters. The number of aromatic amines is 2. The van der Waals surface area contributed by atoms with Gasteiger partial charge in [0.15, 0.2) is 0 Å². The third-order valence-corrected chi connectivity index (χ3v) is 4.87. The Hall–Kier alpha value is -3.60. The van der Waals surface area contributed by atoms with Crippen LogP contribution in [-0.4, -0.2) is 26.2 Å². The quantitative estimate of drug-likeness (QED) is 0.388. The molecular weight excluding hydrogens is 346 g/mol. The Morgan fingerprint density at radius 3 is 2.64 bits per heavy atom. The summed E-state index contributed by atoms with van der Waals surface area (Å²) in [7, 11) is 0. The zero-order chi connectivity index (χ0) is 19.1. The van der Waals surface area contributed by atoms with Crippen molar-refractivity contribution in [1.29, 1.82) is 0 Å². The Morgan fingerprint density at radius 2 is 1.79 bits per heavy atom. The number of benzene rings is 2. The van der Waals surface area contributed by atoms with Gasteiger partial charge in [0.25, 0.3) is 0 Å². The Morgan fingerprint density at radius 1 is 0.893 bits per heavy atom. The molecule has 28 heavy (non-hydrogen) atoms. The first-order valence-corrected chi connectivity index (χ1v) is 9.45. The minimum atomic E-state index is 0.363. The van der Waals surface area contributed by atoms with Crippen molar-refractivity contribution in [2.24, 2.45) is 0 Å². The SMILES string of the molecule is CC(C)Nc1cncc(-c2ccc3[nH]nc(-c4cc5ccccc5[nH]4)c3c2)c1. The molecule has 2 aromatic carbocycles. The lowest BCUT2D eigenvalue weighted by atomic mass is 10.0. The van der Waals surface area contributed by atoms with Crippen molar-refractivity contribution < 1.29 is 0 Å². The maximum atomic E-state index is 4.57. The summed E-state index contributed by atoms with van der Waals surface area (Å²) in [5.74, 6) is 0. The second-order valence-electron chi connectivity index (χ2n) is 7.36. The van der Waals surface area contributed by atoms with Crippen LogP contribution in [0.2, 0.25) is 0 Å². The van der Waals surface area contributed by atoms with Crippen LogP contribution in [0.3, 0.4) is 0 Å². The first-order valence-electron chi connectivity index (χ1n) is 9.45. The highest BCUT2D eigenvalue weighted by molar-refractivity contribution is 5.97. The molecule has 0 bridgehead atoms. The van der Waals surface area contributed by atoms with E-state index in [4.69, 9.17) is 0 Å². The Bertz CT molecular complexity index is 1250. The summed E-state index contributed by atoms with van der Waals surface area (Å²) >= 11 is 0. The van der Waals surface area contributed by atoms with Crippen LogP contribution >= 0.6 is 0 Å². The molecule has 3 heterocycles. The summed E-state index contributed by atoms with van der Waals surface area (Å²) in [5.41, 5.74) is 7.29. The highest BCUT2D eigenvalue weighted by atomic mass is 15.1. The monoisotopic (exact) mass is 367 g/mol. The fraction of sp³-hybridized carbons (Fsp3) is 0.130. The van der Waals surface area contributed by atoms with Crippen LogP contribution in [0.25, 0.3) is 44.3 Å². The van der Waals surface area contributed by atoms with Gasteiger partial charge in [-0.1, -0.05) is 24.3 Å². The zero-order valence-corrected chi connectivity index (χ0v) is 15.8. The number of para-hydroxylation sites is 1. The summed E-state index contributed by atoms with van der Waals surface area (Å²) in [6.45, 7) is 4.24. The lowest BCUT2D eigenvalue weighted by molar-refractivity contribution is 0.898. The lowest BCUT2D eigenvalue weighted by Crippen LogP contribution is -2.09. The predicted molar refractivity (Wildman–Crippen MR) is 115 cm³/mol. The van der Waals surface area contributed by atoms with E-state index in [1.807, 2.05) is 24.5 Å². The Kier molecular flexibility index (Phi) is 3.86. The van der Waals surface area contributed by atoms with Crippen molar-refractivity contribution in [3.63, 3.8) is 0 Å². The molecule has 5 nitrogen and oxygen atoms in total. The molecule has 0 amide bonds. The number of pyridine rings is 1. The van der Waals surface area contributed by atoms with Crippen molar-refractivity contribution in [2.75, 3.05) is 5.32 Å². The molecule has 0 aliphatic carbocycles. The average Bonchev–Trinajstić information content (AvgIpc) is 3.30. The number of hydrogen-bond acceptors (Lipinski definition) is 3. The molecule has 5 aromatic rings. The van der Waals surface area contributed by atoms with E-state index in [-0.39, 0.29) is 0 Å². The van der Waals surface area contributed by atoms with Gasteiger partial charge in [0, 0.05) is 40.3 Å². The number of nitrogens with zero attached hydrogens (tertiary/aromatic N) is 2. The van der Waals surface area contributed by atoms with Gasteiger partial charge in [-0.3, -0.25) is 10.1 Å². The third kappa shape index (κ3) is 2.91. The standard InChI is InChI=1S/C23H21N5/c1-14(2)25-18-9-17(12-24-13-18)15-7-8-21-19(10-15)23(28-27-21)22-11-16-5-3-4-6-20(16)26-22/h3-14,25-26H,1-2H3,(H,27,28). The van der Waals surface area contributed by atoms with Gasteiger partial charge in [-0.2, -0.15) is 5.10 Å². The van der Waals surface area contributed by atoms with E-state index in [9.17, 15) is 0 Å². The molecular formula is C23H21N5. The molecule has 0 spiro atoms. The van der Waals surface area contributed by atoms with Crippen molar-refractivity contribution >= 4 is 27.5 Å². The second kappa shape index (κ2) is 6.53. The van der Waals surface area contributed by atoms with Crippen molar-refractivity contribution in [3.05, 3.63) is 67.0 Å². The van der Waals surface area contributed by atoms with Gasteiger partial charge >= 0.3 is 0 Å². The van der Waals surface area contributed by atoms with Crippen LogP contribution < -0.4 is 5.32 Å². The van der Waals surface area contributed by atoms with Gasteiger partial charge in [0.05, 0.1) is 16.9 Å². The van der Waals surface area contributed by atoms with E-state index >= 15 is 0 Å². The van der Waals surface area contributed by atoms with Crippen LogP contribution in [0.4, 0.5) is 5.69 Å². The lowest BCUT2D eigenvalue weighted by Gasteiger charge is -2.11. The van der Waals surface area contributed by atoms with Gasteiger partial charge in [-0.25, -0.2) is 0 Å². The highest BCUT2D eigenvalue weighted by Gasteiger charge is 2.12. The summed E-state index contributed by atoms with van der Waals surface area (Å²) in [4.78, 5) is 7.87. The molecule has 5 heteroatoms. The van der Waals surface area contributed by atoms with E-state index in [0.29, 0.717) is 6.04 Å². The van der Waals surface area contributed by atoms with Crippen LogP contribution in [0.15, 0.2) is 67.0 Å². The third-order valence-electron chi connectivity index (χ3n) is 4.87. The molecule has 3 aromatic heterocycles. The predicted octanol–water partition coefficient (Wildman–Crippen LogP) is 5.59. The molecule has 0 radical (unpaired) electrons. The highest BCUT2D eigenvalue weighted by Crippen LogP contribution is 2.32. The molecule has 0 aliphatic heterocycles. The number of hydrogen-bond donors (Lipinski definition) is 3. The number of anilines is 1. The minimum absolute atomic E-state index is 0.363. The smallest absolute Gasteiger partial charge is 0.116 e. The molecule has 0 fully saturated rings. The summed E-state index contributed by atoms with van der Waals surface area (Å²) in [5, 5.41) is 13.4. The summed E-state index contributed by atoms with van der Waals surface area (Å²) in [6.07, 6.45) is 3.76. The maximum Gasteiger partial charge on any atom is 0.116 e. The van der Waals surface area contributed by atoms with Gasteiger partial charge in [0.1, 0.15) is 5.69 Å². The fourth-order valence-electron chi connectivity index (χ4n) is 3.61. The maximum absolute atomic E-state index is 4.57. The molecule has 0 aliphatic rings. The molecule has 0 saturated heterocycles. The van der Waals surface area contributed by atoms with Gasteiger partial charge in [-0.15, -0.1) is 0 Å². The van der Waals surface area contributed by atoms with Crippen LogP contribution in [0.5, 0.6) is 0 Å². The van der Waals surface area contributed by atoms with Crippen molar-refractivity contribution in [3.8, 4) is 22.5 Å². The van der Waals surface area contributed by atoms with E-state index in [2.05, 4.69) is 81.8 Å². The van der Waals surface area contributed by atoms with Gasteiger partial charge < -0.3 is 10.3 Å². The summed E-state index contributed by atoms with van der Waals surface area (Å²) in [6, 6.07) is 19.3. The molecule has 0 saturated carbocycles. The van der Waals surface area contributed by atoms with Crippen LogP contribution in [-0.2, 0) is 0 Å². The van der Waals surface area contributed by atoms with Crippen LogP contribution in [0, 0.1) is 0 Å². The number of H-pyrrole nitrogens is 2. The molecule has 0 atom stereocenters. The number of rotatable bonds is 4. The molecule has 5 rings (SSSR count). The minimum Gasteiger partial charge on any atom is -0.382 e. The fourth-order valence-corrected chi connectivity index (χ4v) is 3.61. The first-order chi connectivity index (χ1) is 13.7. The van der Waals surface area contributed by atoms with Gasteiger partial charge in [0.2, 0.25) is 0 Å². The zero-order valence-electron chi connectivity index (χ0n) is 15.8. The average molecular weight is 367 g/mol. The molecule has 138 valence electrons. The first kappa shape index (κ1) is 16.6. The van der Waals surface area contributed by atoms with E-state index in [1.54, 1.807) is 0 Å². The van der Waals surface area contributed by atoms with E-state index < -0.39 is 0 Å². The normalized spacial score (nSPS) is 11.5. The largest absolute Gasteiger partial charge is 0.382 e. The molecule has 3 N–H and O–H groups in total. The number of nitrogens with one attached hydrogen (secondary N) is 3. The van der Waals surface area contributed by atoms with Crippen molar-refractivity contribution in [2.45, 2.75) is 19.9 Å². The van der Waals surface area contributed by atoms with E-state index in [0.717, 1.165) is 44.6 Å². The topological polar surface area (TPSA) is 69.4 Å². The van der Waals surface area contributed by atoms with Crippen LogP contribution in [0.1, 0.15) is 13.8 Å². The van der Waals surface area contributed by atoms with Gasteiger partial charge in [-0.05, 0) is 49.7 Å². The van der Waals surface area contributed by atoms with Crippen molar-refractivity contribution in [1.82, 2.24) is 20.2 Å². The van der Waals surface area contributed by atoms with E-state index in [1.165, 1.54) is 5.39 Å². The number of fused-ring (bicyclic) bond motifs is 2. The second-order valence-corrected chi connectivity index (χ2v) is 7.36.